The van der Waals surface area contributed by atoms with Crippen molar-refractivity contribution >= 4 is 11.6 Å². The third-order valence-electron chi connectivity index (χ3n) is 3.20. The number of hydrogen-bond donors (Lipinski definition) is 0. The number of hydrogen-bond acceptors (Lipinski definition) is 0. The van der Waals surface area contributed by atoms with E-state index in [1.807, 2.05) is 12.1 Å². The zero-order chi connectivity index (χ0) is 10.7. The molecule has 2 rings (SSSR count). The molecule has 1 fully saturated rings. The molecule has 0 bridgehead atoms. The zero-order valence-electron chi connectivity index (χ0n) is 8.76. The van der Waals surface area contributed by atoms with Gasteiger partial charge in [0.15, 0.2) is 0 Å². The van der Waals surface area contributed by atoms with E-state index in [9.17, 15) is 4.39 Å². The van der Waals surface area contributed by atoms with Crippen LogP contribution >= 0.6 is 11.6 Å². The largest absolute Gasteiger partial charge is 0.207 e. The van der Waals surface area contributed by atoms with Gasteiger partial charge in [0.1, 0.15) is 5.82 Å². The second-order valence-corrected chi connectivity index (χ2v) is 4.98. The summed E-state index contributed by atoms with van der Waals surface area (Å²) in [4.78, 5) is 0. The predicted octanol–water partition coefficient (Wildman–Crippen LogP) is 4.48. The summed E-state index contributed by atoms with van der Waals surface area (Å²) in [5.41, 5.74) is 1.24. The first-order chi connectivity index (χ1) is 7.25. The highest BCUT2D eigenvalue weighted by Crippen LogP contribution is 2.33. The molecule has 15 heavy (non-hydrogen) atoms. The Labute approximate surface area is 95.4 Å². The molecule has 0 heterocycles. The lowest BCUT2D eigenvalue weighted by molar-refractivity contribution is 0.589. The summed E-state index contributed by atoms with van der Waals surface area (Å²) in [7, 11) is 0. The number of halogens is 2. The van der Waals surface area contributed by atoms with Crippen LogP contribution in [0.1, 0.15) is 43.6 Å². The van der Waals surface area contributed by atoms with Crippen molar-refractivity contribution in [2.24, 2.45) is 0 Å². The number of alkyl halides is 1. The summed E-state index contributed by atoms with van der Waals surface area (Å²) in [6.07, 6.45) is 5.82. The fourth-order valence-electron chi connectivity index (χ4n) is 2.34. The van der Waals surface area contributed by atoms with E-state index in [1.165, 1.54) is 24.8 Å². The molecule has 0 N–H and O–H groups in total. The van der Waals surface area contributed by atoms with Crippen molar-refractivity contribution in [2.75, 3.05) is 0 Å². The first-order valence-electron chi connectivity index (χ1n) is 5.65. The Morgan fingerprint density at radius 1 is 1.07 bits per heavy atom. The second-order valence-electron chi connectivity index (χ2n) is 4.37. The molecule has 1 aliphatic carbocycles. The predicted molar refractivity (Wildman–Crippen MR) is 61.9 cm³/mol. The van der Waals surface area contributed by atoms with Gasteiger partial charge in [-0.25, -0.2) is 4.39 Å². The normalized spacial score (nSPS) is 27.3. The topological polar surface area (TPSA) is 0 Å². The minimum absolute atomic E-state index is 0.158. The first kappa shape index (κ1) is 10.9. The van der Waals surface area contributed by atoms with E-state index < -0.39 is 0 Å². The molecule has 2 atom stereocenters. The molecule has 82 valence electrons. The Kier molecular flexibility index (Phi) is 3.63. The van der Waals surface area contributed by atoms with Crippen molar-refractivity contribution < 1.29 is 4.39 Å². The minimum atomic E-state index is -0.158. The lowest BCUT2D eigenvalue weighted by atomic mass is 9.92. The highest BCUT2D eigenvalue weighted by atomic mass is 35.5. The van der Waals surface area contributed by atoms with Crippen molar-refractivity contribution in [3.8, 4) is 0 Å². The minimum Gasteiger partial charge on any atom is -0.207 e. The van der Waals surface area contributed by atoms with Gasteiger partial charge in [0, 0.05) is 5.38 Å². The van der Waals surface area contributed by atoms with Crippen LogP contribution in [0, 0.1) is 5.82 Å². The molecule has 0 aliphatic heterocycles. The molecule has 0 radical (unpaired) electrons. The van der Waals surface area contributed by atoms with Gasteiger partial charge in [0.25, 0.3) is 0 Å². The summed E-state index contributed by atoms with van der Waals surface area (Å²) >= 11 is 6.22. The number of benzene rings is 1. The molecule has 1 aliphatic rings. The average molecular weight is 227 g/mol. The SMILES string of the molecule is Fc1ccc(C2CCCCC(Cl)C2)cc1. The quantitative estimate of drug-likeness (QED) is 0.489. The van der Waals surface area contributed by atoms with Crippen LogP contribution in [0.2, 0.25) is 0 Å². The van der Waals surface area contributed by atoms with Gasteiger partial charge in [0.2, 0.25) is 0 Å². The van der Waals surface area contributed by atoms with E-state index in [2.05, 4.69) is 0 Å². The summed E-state index contributed by atoms with van der Waals surface area (Å²) < 4.78 is 12.8. The molecule has 0 amide bonds. The van der Waals surface area contributed by atoms with Crippen LogP contribution in [0.25, 0.3) is 0 Å². The summed E-state index contributed by atoms with van der Waals surface area (Å²) in [5, 5.41) is 0.294. The van der Waals surface area contributed by atoms with Gasteiger partial charge in [-0.05, 0) is 42.9 Å². The molecule has 0 aromatic heterocycles. The molecule has 2 unspecified atom stereocenters. The van der Waals surface area contributed by atoms with Crippen molar-refractivity contribution in [3.63, 3.8) is 0 Å². The molecule has 0 spiro atoms. The number of rotatable bonds is 1. The van der Waals surface area contributed by atoms with Crippen molar-refractivity contribution in [1.82, 2.24) is 0 Å². The maximum absolute atomic E-state index is 12.8. The van der Waals surface area contributed by atoms with Gasteiger partial charge >= 0.3 is 0 Å². The fraction of sp³-hybridized carbons (Fsp3) is 0.538. The van der Waals surface area contributed by atoms with Gasteiger partial charge in [-0.1, -0.05) is 25.0 Å². The van der Waals surface area contributed by atoms with Crippen LogP contribution in [-0.4, -0.2) is 5.38 Å². The lowest BCUT2D eigenvalue weighted by Gasteiger charge is -2.16. The molecular weight excluding hydrogens is 211 g/mol. The van der Waals surface area contributed by atoms with Gasteiger partial charge in [-0.2, -0.15) is 0 Å². The Morgan fingerprint density at radius 3 is 2.47 bits per heavy atom. The summed E-state index contributed by atoms with van der Waals surface area (Å²) in [5.74, 6) is 0.366. The van der Waals surface area contributed by atoms with Gasteiger partial charge in [-0.3, -0.25) is 0 Å². The second kappa shape index (κ2) is 4.98. The zero-order valence-corrected chi connectivity index (χ0v) is 9.51. The van der Waals surface area contributed by atoms with Gasteiger partial charge in [0.05, 0.1) is 0 Å². The average Bonchev–Trinajstić information content (AvgIpc) is 2.44. The van der Waals surface area contributed by atoms with Crippen LogP contribution in [0.15, 0.2) is 24.3 Å². The van der Waals surface area contributed by atoms with Gasteiger partial charge < -0.3 is 0 Å². The van der Waals surface area contributed by atoms with Gasteiger partial charge in [-0.15, -0.1) is 11.6 Å². The van der Waals surface area contributed by atoms with E-state index >= 15 is 0 Å². The van der Waals surface area contributed by atoms with Crippen LogP contribution < -0.4 is 0 Å². The van der Waals surface area contributed by atoms with Crippen molar-refractivity contribution in [2.45, 2.75) is 43.4 Å². The lowest BCUT2D eigenvalue weighted by Crippen LogP contribution is -2.04. The summed E-state index contributed by atoms with van der Waals surface area (Å²) in [6, 6.07) is 6.89. The third kappa shape index (κ3) is 2.94. The fourth-order valence-corrected chi connectivity index (χ4v) is 2.71. The molecule has 2 heteroatoms. The maximum Gasteiger partial charge on any atom is 0.123 e. The van der Waals surface area contributed by atoms with Crippen LogP contribution in [0.5, 0.6) is 0 Å². The van der Waals surface area contributed by atoms with Crippen LogP contribution in [0.3, 0.4) is 0 Å². The standard InChI is InChI=1S/C13H16ClF/c14-12-4-2-1-3-11(9-12)10-5-7-13(15)8-6-10/h5-8,11-12H,1-4,9H2. The summed E-state index contributed by atoms with van der Waals surface area (Å²) in [6.45, 7) is 0. The van der Waals surface area contributed by atoms with Crippen LogP contribution in [0.4, 0.5) is 4.39 Å². The monoisotopic (exact) mass is 226 g/mol. The van der Waals surface area contributed by atoms with Crippen molar-refractivity contribution in [1.29, 1.82) is 0 Å². The molecule has 1 saturated carbocycles. The Bertz CT molecular complexity index is 307. The molecular formula is C13H16ClF. The molecule has 1 aromatic carbocycles. The van der Waals surface area contributed by atoms with E-state index in [4.69, 9.17) is 11.6 Å². The maximum atomic E-state index is 12.8. The smallest absolute Gasteiger partial charge is 0.123 e. The van der Waals surface area contributed by atoms with E-state index in [-0.39, 0.29) is 5.82 Å². The van der Waals surface area contributed by atoms with Crippen molar-refractivity contribution in [3.05, 3.63) is 35.6 Å². The Hall–Kier alpha value is -0.560. The Balaban J connectivity index is 2.11. The van der Waals surface area contributed by atoms with E-state index in [0.717, 1.165) is 12.8 Å². The molecule has 1 aromatic rings. The first-order valence-corrected chi connectivity index (χ1v) is 6.09. The Morgan fingerprint density at radius 2 is 1.73 bits per heavy atom. The van der Waals surface area contributed by atoms with Crippen LogP contribution in [-0.2, 0) is 0 Å². The molecule has 0 saturated heterocycles. The highest BCUT2D eigenvalue weighted by Gasteiger charge is 2.19. The highest BCUT2D eigenvalue weighted by molar-refractivity contribution is 6.20. The molecule has 0 nitrogen and oxygen atoms in total. The third-order valence-corrected chi connectivity index (χ3v) is 3.60. The van der Waals surface area contributed by atoms with E-state index in [0.29, 0.717) is 11.3 Å². The van der Waals surface area contributed by atoms with E-state index in [1.54, 1.807) is 12.1 Å².